The van der Waals surface area contributed by atoms with Crippen LogP contribution in [0.3, 0.4) is 0 Å². The first-order valence-corrected chi connectivity index (χ1v) is 16.1. The number of nitriles is 1. The zero-order chi connectivity index (χ0) is 42.1. The van der Waals surface area contributed by atoms with Gasteiger partial charge in [0.2, 0.25) is 0 Å². The van der Waals surface area contributed by atoms with Crippen molar-refractivity contribution in [2.24, 2.45) is 17.3 Å². The molecular weight excluding hydrogens is 789 g/mol. The average molecular weight is 824 g/mol. The summed E-state index contributed by atoms with van der Waals surface area (Å²) in [5.74, 6) is -43.5. The van der Waals surface area contributed by atoms with Gasteiger partial charge in [-0.15, -0.1) is 0 Å². The number of carbonyl (C=O) groups excluding carboxylic acids is 3. The molecular formula is C32H34F13NO9. The van der Waals surface area contributed by atoms with Gasteiger partial charge in [0.1, 0.15) is 25.6 Å². The van der Waals surface area contributed by atoms with Crippen molar-refractivity contribution in [2.45, 2.75) is 74.8 Å². The predicted molar refractivity (Wildman–Crippen MR) is 156 cm³/mol. The van der Waals surface area contributed by atoms with E-state index in [1.807, 2.05) is 6.07 Å². The lowest BCUT2D eigenvalue weighted by Gasteiger charge is -2.39. The lowest BCUT2D eigenvalue weighted by atomic mass is 9.89. The third-order valence-corrected chi connectivity index (χ3v) is 8.50. The standard InChI is InChI=1S/C32H34F13NO9/c1-2-21(24(49)54-11-9-27(33,34)28(35,36)29(37,38)30(39,40)31(41,42)32(43,44)45)22-17-26(22,8-7-23(48)53-12-10-47)25(50)55-16-14-51-13-15-52-20-5-3-19(18-46)4-6-20/h3-6,21-22,47H,2,7-17H2,1H3. The number of aliphatic hydroxyl groups excluding tert-OH is 1. The van der Waals surface area contributed by atoms with E-state index in [9.17, 15) is 71.5 Å². The number of carbonyl (C=O) groups is 3. The van der Waals surface area contributed by atoms with Crippen molar-refractivity contribution in [1.82, 2.24) is 0 Å². The fourth-order valence-electron chi connectivity index (χ4n) is 5.29. The maximum Gasteiger partial charge on any atom is 0.460 e. The summed E-state index contributed by atoms with van der Waals surface area (Å²) in [6.07, 6.45) is -11.6. The molecule has 55 heavy (non-hydrogen) atoms. The molecule has 0 heterocycles. The fraction of sp³-hybridized carbons (Fsp3) is 0.688. The number of ether oxygens (including phenoxy) is 5. The molecule has 1 fully saturated rings. The van der Waals surface area contributed by atoms with Crippen molar-refractivity contribution in [2.75, 3.05) is 46.2 Å². The Balaban J connectivity index is 2.06. The van der Waals surface area contributed by atoms with E-state index in [-0.39, 0.29) is 45.7 Å². The van der Waals surface area contributed by atoms with Gasteiger partial charge in [-0.1, -0.05) is 6.92 Å². The van der Waals surface area contributed by atoms with Gasteiger partial charge in [-0.3, -0.25) is 14.4 Å². The van der Waals surface area contributed by atoms with Crippen molar-refractivity contribution in [3.8, 4) is 11.8 Å². The number of halogens is 13. The summed E-state index contributed by atoms with van der Waals surface area (Å²) in [5.41, 5.74) is -1.23. The molecule has 312 valence electrons. The van der Waals surface area contributed by atoms with Crippen LogP contribution in [-0.4, -0.2) is 105 Å². The van der Waals surface area contributed by atoms with Gasteiger partial charge < -0.3 is 28.8 Å². The topological polar surface area (TPSA) is 141 Å². The third kappa shape index (κ3) is 10.4. The van der Waals surface area contributed by atoms with E-state index < -0.39 is 104 Å². The highest BCUT2D eigenvalue weighted by Crippen LogP contribution is 2.62. The summed E-state index contributed by atoms with van der Waals surface area (Å²) in [6.45, 7) is -2.11. The van der Waals surface area contributed by atoms with Gasteiger partial charge in [-0.05, 0) is 49.4 Å². The first-order valence-electron chi connectivity index (χ1n) is 16.1. The second-order valence-corrected chi connectivity index (χ2v) is 12.1. The number of esters is 3. The van der Waals surface area contributed by atoms with Crippen LogP contribution in [0.5, 0.6) is 5.75 Å². The molecule has 0 saturated heterocycles. The summed E-state index contributed by atoms with van der Waals surface area (Å²) >= 11 is 0. The lowest BCUT2D eigenvalue weighted by Crippen LogP contribution is -2.70. The lowest BCUT2D eigenvalue weighted by molar-refractivity contribution is -0.440. The van der Waals surface area contributed by atoms with Crippen molar-refractivity contribution in [1.29, 1.82) is 5.26 Å². The van der Waals surface area contributed by atoms with Crippen molar-refractivity contribution < 1.29 is 100 Å². The van der Waals surface area contributed by atoms with E-state index in [1.54, 1.807) is 12.1 Å². The van der Waals surface area contributed by atoms with Gasteiger partial charge in [0.15, 0.2) is 0 Å². The molecule has 1 N–H and O–H groups in total. The first-order chi connectivity index (χ1) is 25.3. The fourth-order valence-corrected chi connectivity index (χ4v) is 5.29. The highest BCUT2D eigenvalue weighted by Gasteiger charge is 2.90. The van der Waals surface area contributed by atoms with E-state index in [2.05, 4.69) is 4.74 Å². The van der Waals surface area contributed by atoms with Crippen LogP contribution in [0.4, 0.5) is 57.1 Å². The Morgan fingerprint density at radius 2 is 1.38 bits per heavy atom. The van der Waals surface area contributed by atoms with Crippen LogP contribution in [0.25, 0.3) is 0 Å². The predicted octanol–water partition coefficient (Wildman–Crippen LogP) is 6.52. The van der Waals surface area contributed by atoms with E-state index >= 15 is 0 Å². The Morgan fingerprint density at radius 1 is 0.800 bits per heavy atom. The van der Waals surface area contributed by atoms with E-state index in [1.165, 1.54) is 19.1 Å². The molecule has 0 bridgehead atoms. The summed E-state index contributed by atoms with van der Waals surface area (Å²) in [7, 11) is 0. The molecule has 1 aromatic rings. The molecule has 1 aliphatic rings. The number of rotatable bonds is 23. The first kappa shape index (κ1) is 47.1. The van der Waals surface area contributed by atoms with E-state index in [4.69, 9.17) is 29.3 Å². The van der Waals surface area contributed by atoms with Crippen LogP contribution in [0.2, 0.25) is 0 Å². The highest BCUT2D eigenvalue weighted by molar-refractivity contribution is 5.84. The minimum atomic E-state index is -8.07. The van der Waals surface area contributed by atoms with Crippen molar-refractivity contribution >= 4 is 17.9 Å². The van der Waals surface area contributed by atoms with Gasteiger partial charge in [0, 0.05) is 6.42 Å². The second-order valence-electron chi connectivity index (χ2n) is 12.1. The van der Waals surface area contributed by atoms with Gasteiger partial charge in [-0.25, -0.2) is 0 Å². The molecule has 1 saturated carbocycles. The minimum absolute atomic E-state index is 0.0108. The van der Waals surface area contributed by atoms with Crippen molar-refractivity contribution in [3.05, 3.63) is 29.8 Å². The Kier molecular flexibility index (Phi) is 15.6. The van der Waals surface area contributed by atoms with E-state index in [0.717, 1.165) is 0 Å². The Hall–Kier alpha value is -4.07. The Morgan fingerprint density at radius 3 is 1.93 bits per heavy atom. The molecule has 1 aromatic carbocycles. The number of hydrogen-bond acceptors (Lipinski definition) is 10. The van der Waals surface area contributed by atoms with Crippen LogP contribution in [-0.2, 0) is 33.3 Å². The summed E-state index contributed by atoms with van der Waals surface area (Å²) in [4.78, 5) is 38.1. The van der Waals surface area contributed by atoms with Crippen LogP contribution in [0.15, 0.2) is 24.3 Å². The van der Waals surface area contributed by atoms with Gasteiger partial charge >= 0.3 is 53.7 Å². The maximum absolute atomic E-state index is 14.2. The second kappa shape index (κ2) is 18.3. The molecule has 0 aromatic heterocycles. The third-order valence-electron chi connectivity index (χ3n) is 8.50. The molecule has 23 heteroatoms. The van der Waals surface area contributed by atoms with E-state index in [0.29, 0.717) is 11.3 Å². The van der Waals surface area contributed by atoms with Crippen LogP contribution in [0.1, 0.15) is 44.6 Å². The molecule has 3 unspecified atom stereocenters. The molecule has 0 amide bonds. The number of alkyl halides is 13. The zero-order valence-electron chi connectivity index (χ0n) is 28.5. The average Bonchev–Trinajstić information content (AvgIpc) is 3.83. The smallest absolute Gasteiger partial charge is 0.460 e. The quantitative estimate of drug-likeness (QED) is 0.0562. The van der Waals surface area contributed by atoms with Crippen LogP contribution in [0, 0.1) is 28.6 Å². The zero-order valence-corrected chi connectivity index (χ0v) is 28.5. The molecule has 3 atom stereocenters. The SMILES string of the molecule is CCC(C(=O)OCCC(F)(F)C(F)(F)C(F)(F)C(F)(F)C(F)(F)C(F)(F)F)C1CC1(CCC(=O)OCCO)C(=O)OCCOCCOc1ccc(C#N)cc1. The number of hydrogen-bond donors (Lipinski definition) is 1. The molecule has 2 rings (SSSR count). The number of benzene rings is 1. The molecule has 0 spiro atoms. The van der Waals surface area contributed by atoms with Crippen molar-refractivity contribution in [3.63, 3.8) is 0 Å². The largest absolute Gasteiger partial charge is 0.491 e. The molecule has 0 aliphatic heterocycles. The van der Waals surface area contributed by atoms with Gasteiger partial charge in [0.25, 0.3) is 0 Å². The molecule has 1 aliphatic carbocycles. The summed E-state index contributed by atoms with van der Waals surface area (Å²) in [5, 5.41) is 17.7. The molecule has 0 radical (unpaired) electrons. The molecule has 10 nitrogen and oxygen atoms in total. The van der Waals surface area contributed by atoms with Crippen LogP contribution < -0.4 is 4.74 Å². The van der Waals surface area contributed by atoms with Crippen LogP contribution >= 0.6 is 0 Å². The number of nitrogens with zero attached hydrogens (tertiary/aromatic N) is 1. The van der Waals surface area contributed by atoms with Gasteiger partial charge in [0.05, 0.1) is 55.8 Å². The summed E-state index contributed by atoms with van der Waals surface area (Å²) in [6, 6.07) is 8.05. The normalized spacial score (nSPS) is 18.5. The maximum atomic E-state index is 14.2. The monoisotopic (exact) mass is 823 g/mol. The minimum Gasteiger partial charge on any atom is -0.491 e. The van der Waals surface area contributed by atoms with Gasteiger partial charge in [-0.2, -0.15) is 62.3 Å². The highest BCUT2D eigenvalue weighted by atomic mass is 19.4. The Labute approximate surface area is 303 Å². The number of aliphatic hydroxyl groups is 1. The summed E-state index contributed by atoms with van der Waals surface area (Å²) < 4.78 is 199. The Bertz CT molecular complexity index is 1500.